The van der Waals surface area contributed by atoms with Gasteiger partial charge in [0.15, 0.2) is 10.8 Å². The van der Waals surface area contributed by atoms with Crippen LogP contribution in [0.5, 0.6) is 0 Å². The van der Waals surface area contributed by atoms with E-state index in [0.717, 1.165) is 18.5 Å². The van der Waals surface area contributed by atoms with E-state index in [4.69, 9.17) is 28.3 Å². The van der Waals surface area contributed by atoms with Crippen molar-refractivity contribution in [3.8, 4) is 5.82 Å². The molecule has 0 atom stereocenters. The fraction of sp³-hybridized carbons (Fsp3) is 0.211. The molecule has 0 radical (unpaired) electrons. The molecule has 10 heteroatoms. The molecule has 29 heavy (non-hydrogen) atoms. The van der Waals surface area contributed by atoms with Crippen LogP contribution in [0.25, 0.3) is 5.82 Å². The minimum absolute atomic E-state index is 0.0283. The minimum Gasteiger partial charge on any atom is -0.478 e. The molecule has 3 aromatic rings. The number of hydrogen-bond donors (Lipinski definition) is 1. The number of carboxylic acid groups (broad SMARTS) is 1. The fourth-order valence-corrected chi connectivity index (χ4v) is 6.03. The average Bonchev–Trinajstić information content (AvgIpc) is 3.08. The number of aromatic carboxylic acids is 1. The first-order valence-corrected chi connectivity index (χ1v) is 11.0. The van der Waals surface area contributed by atoms with E-state index in [-0.39, 0.29) is 25.5 Å². The second kappa shape index (κ2) is 7.44. The largest absolute Gasteiger partial charge is 0.478 e. The highest BCUT2D eigenvalue weighted by molar-refractivity contribution is 7.91. The molecular weight excluding hydrogens is 437 g/mol. The zero-order valence-corrected chi connectivity index (χ0v) is 17.3. The predicted octanol–water partition coefficient (Wildman–Crippen LogP) is 3.98. The maximum absolute atomic E-state index is 13.4. The van der Waals surface area contributed by atoms with Crippen molar-refractivity contribution in [3.05, 3.63) is 63.4 Å². The van der Waals surface area contributed by atoms with Crippen LogP contribution in [0.15, 0.2) is 46.5 Å². The summed E-state index contributed by atoms with van der Waals surface area (Å²) in [5.41, 5.74) is 1.40. The Kier molecular flexibility index (Phi) is 5.10. The molecule has 0 amide bonds. The number of sulfone groups is 1. The van der Waals surface area contributed by atoms with E-state index in [1.54, 1.807) is 6.07 Å². The van der Waals surface area contributed by atoms with E-state index in [1.165, 1.54) is 35.1 Å². The Labute approximate surface area is 176 Å². The number of benzene rings is 1. The SMILES string of the molecule is O=C(O)c1ccc(-n2nc(S(=O)(=O)c3c(Cl)cccc3Cl)c3c2CCCC3)nc1. The van der Waals surface area contributed by atoms with Crippen molar-refractivity contribution < 1.29 is 18.3 Å². The van der Waals surface area contributed by atoms with Crippen LogP contribution in [0.4, 0.5) is 0 Å². The lowest BCUT2D eigenvalue weighted by atomic mass is 9.98. The monoisotopic (exact) mass is 451 g/mol. The quantitative estimate of drug-likeness (QED) is 0.643. The van der Waals surface area contributed by atoms with Gasteiger partial charge in [-0.25, -0.2) is 22.9 Å². The highest BCUT2D eigenvalue weighted by Gasteiger charge is 2.33. The Morgan fingerprint density at radius 3 is 2.38 bits per heavy atom. The highest BCUT2D eigenvalue weighted by atomic mass is 35.5. The van der Waals surface area contributed by atoms with Crippen molar-refractivity contribution in [1.29, 1.82) is 0 Å². The molecule has 1 aliphatic carbocycles. The third kappa shape index (κ3) is 3.41. The van der Waals surface area contributed by atoms with Gasteiger partial charge in [0, 0.05) is 11.8 Å². The van der Waals surface area contributed by atoms with Crippen molar-refractivity contribution in [2.24, 2.45) is 0 Å². The number of carboxylic acids is 1. The Bertz CT molecular complexity index is 1200. The second-order valence-corrected chi connectivity index (χ2v) is 9.23. The van der Waals surface area contributed by atoms with Crippen LogP contribution >= 0.6 is 23.2 Å². The van der Waals surface area contributed by atoms with Gasteiger partial charge >= 0.3 is 5.97 Å². The number of nitrogens with zero attached hydrogens (tertiary/aromatic N) is 3. The Morgan fingerprint density at radius 2 is 1.76 bits per heavy atom. The topological polar surface area (TPSA) is 102 Å². The molecular formula is C19H15Cl2N3O4S. The number of pyridine rings is 1. The third-order valence-electron chi connectivity index (χ3n) is 4.80. The van der Waals surface area contributed by atoms with Crippen LogP contribution in [0.1, 0.15) is 34.5 Å². The number of hydrogen-bond acceptors (Lipinski definition) is 5. The van der Waals surface area contributed by atoms with Gasteiger partial charge in [0.1, 0.15) is 4.90 Å². The smallest absolute Gasteiger partial charge is 0.337 e. The summed E-state index contributed by atoms with van der Waals surface area (Å²) in [7, 11) is -4.07. The van der Waals surface area contributed by atoms with Crippen molar-refractivity contribution in [2.45, 2.75) is 35.6 Å². The predicted molar refractivity (Wildman–Crippen MR) is 107 cm³/mol. The zero-order valence-electron chi connectivity index (χ0n) is 15.0. The minimum atomic E-state index is -4.07. The number of carbonyl (C=O) groups is 1. The van der Waals surface area contributed by atoms with Gasteiger partial charge in [0.2, 0.25) is 9.84 Å². The molecule has 2 aromatic heterocycles. The number of halogens is 2. The van der Waals surface area contributed by atoms with Gasteiger partial charge in [-0.3, -0.25) is 0 Å². The summed E-state index contributed by atoms with van der Waals surface area (Å²) in [6.07, 6.45) is 4.13. The normalized spacial score (nSPS) is 13.9. The van der Waals surface area contributed by atoms with Crippen molar-refractivity contribution >= 4 is 39.0 Å². The van der Waals surface area contributed by atoms with Crippen LogP contribution in [-0.2, 0) is 22.7 Å². The molecule has 150 valence electrons. The molecule has 0 aliphatic heterocycles. The van der Waals surface area contributed by atoms with Crippen molar-refractivity contribution in [3.63, 3.8) is 0 Å². The van der Waals surface area contributed by atoms with Gasteiger partial charge in [-0.2, -0.15) is 5.10 Å². The molecule has 0 saturated heterocycles. The van der Waals surface area contributed by atoms with Crippen molar-refractivity contribution in [2.75, 3.05) is 0 Å². The number of fused-ring (bicyclic) bond motifs is 1. The van der Waals surface area contributed by atoms with Gasteiger partial charge < -0.3 is 5.11 Å². The van der Waals surface area contributed by atoms with Gasteiger partial charge in [0.25, 0.3) is 0 Å². The molecule has 0 fully saturated rings. The molecule has 2 heterocycles. The van der Waals surface area contributed by atoms with E-state index >= 15 is 0 Å². The fourth-order valence-electron chi connectivity index (χ4n) is 3.44. The van der Waals surface area contributed by atoms with Gasteiger partial charge in [-0.1, -0.05) is 29.3 Å². The first-order valence-electron chi connectivity index (χ1n) is 8.80. The summed E-state index contributed by atoms with van der Waals surface area (Å²) in [5.74, 6) is -0.747. The molecule has 1 aliphatic rings. The Morgan fingerprint density at radius 1 is 1.07 bits per heavy atom. The number of aromatic nitrogens is 3. The summed E-state index contributed by atoms with van der Waals surface area (Å²) in [6.45, 7) is 0. The van der Waals surface area contributed by atoms with E-state index in [9.17, 15) is 13.2 Å². The molecule has 0 unspecified atom stereocenters. The van der Waals surface area contributed by atoms with E-state index in [2.05, 4.69) is 10.1 Å². The summed E-state index contributed by atoms with van der Waals surface area (Å²) >= 11 is 12.3. The lowest BCUT2D eigenvalue weighted by Crippen LogP contribution is -2.10. The van der Waals surface area contributed by atoms with Gasteiger partial charge in [0.05, 0.1) is 21.3 Å². The van der Waals surface area contributed by atoms with E-state index in [1.807, 2.05) is 0 Å². The summed E-state index contributed by atoms with van der Waals surface area (Å²) in [6, 6.07) is 7.42. The molecule has 1 aromatic carbocycles. The molecule has 4 rings (SSSR count). The summed E-state index contributed by atoms with van der Waals surface area (Å²) in [4.78, 5) is 15.1. The third-order valence-corrected chi connectivity index (χ3v) is 7.47. The maximum atomic E-state index is 13.4. The Balaban J connectivity index is 1.91. The average molecular weight is 452 g/mol. The van der Waals surface area contributed by atoms with Crippen LogP contribution in [0.2, 0.25) is 10.0 Å². The standard InChI is InChI=1S/C19H15Cl2N3O4S/c20-13-5-3-6-14(21)17(13)29(27,28)18-12-4-1-2-7-15(12)24(23-18)16-9-8-11(10-22-16)19(25)26/h3,5-6,8-10H,1-2,4,7H2,(H,25,26). The highest BCUT2D eigenvalue weighted by Crippen LogP contribution is 2.37. The first kappa shape index (κ1) is 19.9. The van der Waals surface area contributed by atoms with Crippen molar-refractivity contribution in [1.82, 2.24) is 14.8 Å². The summed E-state index contributed by atoms with van der Waals surface area (Å²) < 4.78 is 28.3. The van der Waals surface area contributed by atoms with Gasteiger partial charge in [-0.15, -0.1) is 0 Å². The summed E-state index contributed by atoms with van der Waals surface area (Å²) in [5, 5.41) is 13.4. The Hall–Kier alpha value is -2.42. The van der Waals surface area contributed by atoms with Crippen LogP contribution < -0.4 is 0 Å². The number of rotatable bonds is 4. The molecule has 1 N–H and O–H groups in total. The second-order valence-electron chi connectivity index (χ2n) is 6.61. The first-order chi connectivity index (χ1) is 13.8. The molecule has 7 nitrogen and oxygen atoms in total. The molecule has 0 spiro atoms. The van der Waals surface area contributed by atoms with Crippen LogP contribution in [0, 0.1) is 0 Å². The lowest BCUT2D eigenvalue weighted by Gasteiger charge is -2.14. The van der Waals surface area contributed by atoms with Gasteiger partial charge in [-0.05, 0) is 49.9 Å². The molecule has 0 bridgehead atoms. The van der Waals surface area contributed by atoms with E-state index < -0.39 is 15.8 Å². The zero-order chi connectivity index (χ0) is 20.8. The maximum Gasteiger partial charge on any atom is 0.337 e. The van der Waals surface area contributed by atoms with Crippen LogP contribution in [-0.4, -0.2) is 34.3 Å². The molecule has 0 saturated carbocycles. The van der Waals surface area contributed by atoms with Crippen LogP contribution in [0.3, 0.4) is 0 Å². The lowest BCUT2D eigenvalue weighted by molar-refractivity contribution is 0.0696. The van der Waals surface area contributed by atoms with E-state index in [0.29, 0.717) is 24.2 Å².